The van der Waals surface area contributed by atoms with E-state index in [9.17, 15) is 0 Å². The van der Waals surface area contributed by atoms with E-state index in [1.54, 1.807) is 0 Å². The molecule has 0 spiro atoms. The van der Waals surface area contributed by atoms with Gasteiger partial charge < -0.3 is 14.8 Å². The van der Waals surface area contributed by atoms with Crippen molar-refractivity contribution >= 4 is 0 Å². The highest BCUT2D eigenvalue weighted by Crippen LogP contribution is 2.29. The number of hydrogen-bond acceptors (Lipinski definition) is 3. The molecule has 0 radical (unpaired) electrons. The summed E-state index contributed by atoms with van der Waals surface area (Å²) in [5.74, 6) is 0.713. The van der Waals surface area contributed by atoms with Crippen LogP contribution in [0.3, 0.4) is 0 Å². The lowest BCUT2D eigenvalue weighted by Crippen LogP contribution is -2.28. The normalized spacial score (nSPS) is 27.7. The van der Waals surface area contributed by atoms with Crippen LogP contribution in [0.15, 0.2) is 12.5 Å². The SMILES string of the molecule is CN1CCC(n2cncc2C2CCNCC2)C1. The zero-order valence-electron chi connectivity index (χ0n) is 10.6. The van der Waals surface area contributed by atoms with Gasteiger partial charge in [0.25, 0.3) is 0 Å². The maximum Gasteiger partial charge on any atom is 0.0951 e. The number of hydrogen-bond donors (Lipinski definition) is 1. The second kappa shape index (κ2) is 4.78. The predicted molar refractivity (Wildman–Crippen MR) is 68.2 cm³/mol. The van der Waals surface area contributed by atoms with Gasteiger partial charge in [-0.2, -0.15) is 0 Å². The van der Waals surface area contributed by atoms with Gasteiger partial charge >= 0.3 is 0 Å². The molecule has 1 aromatic heterocycles. The van der Waals surface area contributed by atoms with Gasteiger partial charge in [0.1, 0.15) is 0 Å². The largest absolute Gasteiger partial charge is 0.330 e. The summed E-state index contributed by atoms with van der Waals surface area (Å²) in [6.07, 6.45) is 7.92. The standard InChI is InChI=1S/C13H22N4/c1-16-7-4-12(9-16)17-10-15-8-13(17)11-2-5-14-6-3-11/h8,10-12,14H,2-7,9H2,1H3. The Kier molecular flexibility index (Phi) is 3.16. The third-order valence-corrected chi connectivity index (χ3v) is 4.21. The fourth-order valence-corrected chi connectivity index (χ4v) is 3.19. The van der Waals surface area contributed by atoms with E-state index in [1.807, 2.05) is 6.33 Å². The first-order valence-electron chi connectivity index (χ1n) is 6.75. The van der Waals surface area contributed by atoms with Crippen molar-refractivity contribution in [3.05, 3.63) is 18.2 Å². The summed E-state index contributed by atoms with van der Waals surface area (Å²) in [4.78, 5) is 6.80. The minimum atomic E-state index is 0.646. The number of nitrogens with zero attached hydrogens (tertiary/aromatic N) is 3. The minimum absolute atomic E-state index is 0.646. The molecule has 0 aliphatic carbocycles. The lowest BCUT2D eigenvalue weighted by molar-refractivity contribution is 0.379. The maximum absolute atomic E-state index is 4.39. The minimum Gasteiger partial charge on any atom is -0.330 e. The third-order valence-electron chi connectivity index (χ3n) is 4.21. The maximum atomic E-state index is 4.39. The van der Waals surface area contributed by atoms with E-state index in [0.29, 0.717) is 12.0 Å². The molecule has 1 N–H and O–H groups in total. The molecular weight excluding hydrogens is 212 g/mol. The molecule has 2 saturated heterocycles. The summed E-state index contributed by atoms with van der Waals surface area (Å²) < 4.78 is 2.44. The van der Waals surface area contributed by atoms with E-state index in [-0.39, 0.29) is 0 Å². The molecule has 0 amide bonds. The molecule has 0 aromatic carbocycles. The van der Waals surface area contributed by atoms with Crippen molar-refractivity contribution in [2.45, 2.75) is 31.2 Å². The molecule has 2 aliphatic rings. The number of piperidine rings is 1. The van der Waals surface area contributed by atoms with E-state index in [4.69, 9.17) is 0 Å². The van der Waals surface area contributed by atoms with Crippen molar-refractivity contribution in [1.29, 1.82) is 0 Å². The Labute approximate surface area is 103 Å². The van der Waals surface area contributed by atoms with Crippen molar-refractivity contribution in [3.63, 3.8) is 0 Å². The third kappa shape index (κ3) is 2.24. The number of likely N-dealkylation sites (tertiary alicyclic amines) is 1. The van der Waals surface area contributed by atoms with Gasteiger partial charge in [0.2, 0.25) is 0 Å². The monoisotopic (exact) mass is 234 g/mol. The van der Waals surface area contributed by atoms with Crippen LogP contribution in [0.5, 0.6) is 0 Å². The summed E-state index contributed by atoms with van der Waals surface area (Å²) in [7, 11) is 2.21. The summed E-state index contributed by atoms with van der Waals surface area (Å²) in [6.45, 7) is 4.70. The molecule has 1 atom stereocenters. The van der Waals surface area contributed by atoms with E-state index >= 15 is 0 Å². The summed E-state index contributed by atoms with van der Waals surface area (Å²) in [6, 6.07) is 0.646. The summed E-state index contributed by atoms with van der Waals surface area (Å²) >= 11 is 0. The highest BCUT2D eigenvalue weighted by Gasteiger charge is 2.26. The molecule has 94 valence electrons. The van der Waals surface area contributed by atoms with Crippen LogP contribution >= 0.6 is 0 Å². The lowest BCUT2D eigenvalue weighted by Gasteiger charge is -2.25. The topological polar surface area (TPSA) is 33.1 Å². The van der Waals surface area contributed by atoms with Gasteiger partial charge in [-0.3, -0.25) is 0 Å². The highest BCUT2D eigenvalue weighted by molar-refractivity contribution is 5.10. The fraction of sp³-hybridized carbons (Fsp3) is 0.769. The van der Waals surface area contributed by atoms with Crippen molar-refractivity contribution in [3.8, 4) is 0 Å². The van der Waals surface area contributed by atoms with Gasteiger partial charge in [0.05, 0.1) is 6.33 Å². The Morgan fingerprint density at radius 2 is 2.12 bits per heavy atom. The molecule has 17 heavy (non-hydrogen) atoms. The Morgan fingerprint density at radius 3 is 2.82 bits per heavy atom. The molecule has 3 rings (SSSR count). The molecule has 0 saturated carbocycles. The van der Waals surface area contributed by atoms with Gasteiger partial charge in [-0.1, -0.05) is 0 Å². The molecule has 1 unspecified atom stereocenters. The second-order valence-electron chi connectivity index (χ2n) is 5.45. The van der Waals surface area contributed by atoms with Crippen LogP contribution < -0.4 is 5.32 Å². The smallest absolute Gasteiger partial charge is 0.0951 e. The lowest BCUT2D eigenvalue weighted by atomic mass is 9.94. The molecule has 3 heterocycles. The first-order valence-corrected chi connectivity index (χ1v) is 6.75. The number of aromatic nitrogens is 2. The number of imidazole rings is 1. The van der Waals surface area contributed by atoms with E-state index in [1.165, 1.54) is 38.0 Å². The van der Waals surface area contributed by atoms with Crippen molar-refractivity contribution in [2.24, 2.45) is 0 Å². The van der Waals surface area contributed by atoms with Crippen LogP contribution in [-0.2, 0) is 0 Å². The van der Waals surface area contributed by atoms with Crippen molar-refractivity contribution in [2.75, 3.05) is 33.2 Å². The Bertz CT molecular complexity index is 348. The second-order valence-corrected chi connectivity index (χ2v) is 5.45. The number of likely N-dealkylation sites (N-methyl/N-ethyl adjacent to an activating group) is 1. The van der Waals surface area contributed by atoms with Crippen molar-refractivity contribution in [1.82, 2.24) is 19.8 Å². The molecular formula is C13H22N4. The Hall–Kier alpha value is -0.870. The van der Waals surface area contributed by atoms with Crippen LogP contribution in [0.4, 0.5) is 0 Å². The van der Waals surface area contributed by atoms with E-state index in [0.717, 1.165) is 13.1 Å². The Morgan fingerprint density at radius 1 is 1.29 bits per heavy atom. The van der Waals surface area contributed by atoms with E-state index < -0.39 is 0 Å². The van der Waals surface area contributed by atoms with Gasteiger partial charge in [0.15, 0.2) is 0 Å². The zero-order chi connectivity index (χ0) is 11.7. The predicted octanol–water partition coefficient (Wildman–Crippen LogP) is 1.23. The quantitative estimate of drug-likeness (QED) is 0.835. The van der Waals surface area contributed by atoms with Crippen LogP contribution in [0.1, 0.15) is 36.9 Å². The highest BCUT2D eigenvalue weighted by atomic mass is 15.2. The fourth-order valence-electron chi connectivity index (χ4n) is 3.19. The van der Waals surface area contributed by atoms with E-state index in [2.05, 4.69) is 33.0 Å². The van der Waals surface area contributed by atoms with Crippen LogP contribution in [-0.4, -0.2) is 47.7 Å². The van der Waals surface area contributed by atoms with Crippen molar-refractivity contribution < 1.29 is 0 Å². The van der Waals surface area contributed by atoms with Gasteiger partial charge in [0, 0.05) is 30.4 Å². The molecule has 4 nitrogen and oxygen atoms in total. The first kappa shape index (κ1) is 11.2. The molecule has 0 bridgehead atoms. The molecule has 2 aliphatic heterocycles. The molecule has 2 fully saturated rings. The van der Waals surface area contributed by atoms with Crippen LogP contribution in [0, 0.1) is 0 Å². The molecule has 1 aromatic rings. The van der Waals surface area contributed by atoms with Crippen LogP contribution in [0.2, 0.25) is 0 Å². The number of nitrogens with one attached hydrogen (secondary N) is 1. The molecule has 4 heteroatoms. The summed E-state index contributed by atoms with van der Waals surface area (Å²) in [5, 5.41) is 3.43. The zero-order valence-corrected chi connectivity index (χ0v) is 10.6. The average Bonchev–Trinajstić information content (AvgIpc) is 2.98. The van der Waals surface area contributed by atoms with Gasteiger partial charge in [-0.15, -0.1) is 0 Å². The number of rotatable bonds is 2. The van der Waals surface area contributed by atoms with Gasteiger partial charge in [-0.05, 0) is 45.9 Å². The van der Waals surface area contributed by atoms with Gasteiger partial charge in [-0.25, -0.2) is 4.98 Å². The first-order chi connectivity index (χ1) is 8.34. The van der Waals surface area contributed by atoms with Crippen LogP contribution in [0.25, 0.3) is 0 Å². The average molecular weight is 234 g/mol. The Balaban J connectivity index is 1.78. The summed E-state index contributed by atoms with van der Waals surface area (Å²) in [5.41, 5.74) is 1.46.